The topological polar surface area (TPSA) is 40.9 Å². The molecule has 1 aromatic rings. The molecule has 0 spiro atoms. The summed E-state index contributed by atoms with van der Waals surface area (Å²) in [4.78, 5) is 12.6. The zero-order valence-corrected chi connectivity index (χ0v) is 7.67. The molecule has 1 atom stereocenters. The molecule has 0 aliphatic carbocycles. The zero-order chi connectivity index (χ0) is 9.26. The van der Waals surface area contributed by atoms with Gasteiger partial charge < -0.3 is 0 Å². The molecule has 0 aromatic heterocycles. The number of hydrogen-bond acceptors (Lipinski definition) is 3. The van der Waals surface area contributed by atoms with E-state index in [1.54, 1.807) is 17.8 Å². The number of rotatable bonds is 0. The van der Waals surface area contributed by atoms with Gasteiger partial charge in [0.15, 0.2) is 5.78 Å². The summed E-state index contributed by atoms with van der Waals surface area (Å²) in [5.41, 5.74) is 0.699. The molecular formula is C10H7NOS. The first-order chi connectivity index (χ1) is 6.33. The molecule has 0 amide bonds. The van der Waals surface area contributed by atoms with Gasteiger partial charge in [0.2, 0.25) is 0 Å². The quantitative estimate of drug-likeness (QED) is 0.627. The Balaban J connectivity index is 2.46. The Morgan fingerprint density at radius 3 is 3.00 bits per heavy atom. The number of Topliss-reactive ketones (excluding diaryl/α,β-unsaturated/α-hetero) is 1. The smallest absolute Gasteiger partial charge is 0.181 e. The maximum Gasteiger partial charge on any atom is 0.181 e. The van der Waals surface area contributed by atoms with Crippen LogP contribution in [0.15, 0.2) is 29.2 Å². The molecule has 64 valence electrons. The monoisotopic (exact) mass is 189 g/mol. The van der Waals surface area contributed by atoms with Gasteiger partial charge in [0.1, 0.15) is 5.92 Å². The first-order valence-corrected chi connectivity index (χ1v) is 4.97. The molecule has 0 saturated carbocycles. The lowest BCUT2D eigenvalue weighted by atomic mass is 10.00. The van der Waals surface area contributed by atoms with Crippen molar-refractivity contribution in [1.29, 1.82) is 5.26 Å². The number of fused-ring (bicyclic) bond motifs is 1. The second kappa shape index (κ2) is 3.23. The second-order valence-corrected chi connectivity index (χ2v) is 3.91. The van der Waals surface area contributed by atoms with Gasteiger partial charge in [0.25, 0.3) is 0 Å². The van der Waals surface area contributed by atoms with Crippen molar-refractivity contribution in [3.63, 3.8) is 0 Å². The molecule has 0 bridgehead atoms. The van der Waals surface area contributed by atoms with E-state index < -0.39 is 5.92 Å². The average Bonchev–Trinajstić information content (AvgIpc) is 2.19. The number of carbonyl (C=O) groups excluding carboxylic acids is 1. The van der Waals surface area contributed by atoms with Crippen LogP contribution in [0.25, 0.3) is 0 Å². The van der Waals surface area contributed by atoms with Gasteiger partial charge in [-0.05, 0) is 6.07 Å². The van der Waals surface area contributed by atoms with E-state index in [1.165, 1.54) is 0 Å². The third-order valence-electron chi connectivity index (χ3n) is 2.03. The highest BCUT2D eigenvalue weighted by molar-refractivity contribution is 7.99. The average molecular weight is 189 g/mol. The summed E-state index contributed by atoms with van der Waals surface area (Å²) in [6, 6.07) is 9.47. The highest BCUT2D eigenvalue weighted by atomic mass is 32.2. The molecule has 0 saturated heterocycles. The molecule has 1 aromatic carbocycles. The fourth-order valence-electron chi connectivity index (χ4n) is 1.33. The van der Waals surface area contributed by atoms with Crippen LogP contribution in [-0.4, -0.2) is 11.5 Å². The van der Waals surface area contributed by atoms with Crippen LogP contribution in [0.4, 0.5) is 0 Å². The lowest BCUT2D eigenvalue weighted by molar-refractivity contribution is 0.0953. The van der Waals surface area contributed by atoms with E-state index in [0.717, 1.165) is 4.90 Å². The number of nitriles is 1. The van der Waals surface area contributed by atoms with Crippen molar-refractivity contribution in [2.24, 2.45) is 5.92 Å². The maximum absolute atomic E-state index is 11.6. The minimum atomic E-state index is -0.458. The normalized spacial score (nSPS) is 20.5. The largest absolute Gasteiger partial charge is 0.293 e. The molecule has 0 fully saturated rings. The van der Waals surface area contributed by atoms with Crippen LogP contribution in [0.1, 0.15) is 10.4 Å². The van der Waals surface area contributed by atoms with Crippen LogP contribution in [-0.2, 0) is 0 Å². The number of ketones is 1. The Labute approximate surface area is 80.6 Å². The summed E-state index contributed by atoms with van der Waals surface area (Å²) in [5, 5.41) is 8.70. The summed E-state index contributed by atoms with van der Waals surface area (Å²) in [7, 11) is 0. The highest BCUT2D eigenvalue weighted by Crippen LogP contribution is 2.32. The first-order valence-electron chi connectivity index (χ1n) is 3.98. The second-order valence-electron chi connectivity index (χ2n) is 2.85. The molecule has 0 radical (unpaired) electrons. The minimum Gasteiger partial charge on any atom is -0.293 e. The molecule has 2 rings (SSSR count). The van der Waals surface area contributed by atoms with Gasteiger partial charge in [0, 0.05) is 16.2 Å². The van der Waals surface area contributed by atoms with Crippen molar-refractivity contribution in [1.82, 2.24) is 0 Å². The van der Waals surface area contributed by atoms with Crippen LogP contribution in [0.5, 0.6) is 0 Å². The molecule has 1 heterocycles. The van der Waals surface area contributed by atoms with Crippen LogP contribution < -0.4 is 0 Å². The zero-order valence-electron chi connectivity index (χ0n) is 6.86. The van der Waals surface area contributed by atoms with E-state index in [2.05, 4.69) is 0 Å². The Morgan fingerprint density at radius 2 is 2.23 bits per heavy atom. The van der Waals surface area contributed by atoms with E-state index in [0.29, 0.717) is 11.3 Å². The maximum atomic E-state index is 11.6. The highest BCUT2D eigenvalue weighted by Gasteiger charge is 2.26. The van der Waals surface area contributed by atoms with Gasteiger partial charge in [-0.15, -0.1) is 11.8 Å². The minimum absolute atomic E-state index is 0.0307. The Hall–Kier alpha value is -1.27. The summed E-state index contributed by atoms with van der Waals surface area (Å²) >= 11 is 1.58. The standard InChI is InChI=1S/C10H7NOS/c11-5-7-6-13-9-4-2-1-3-8(9)10(7)12/h1-4,7H,6H2. The molecule has 1 aliphatic rings. The third-order valence-corrected chi connectivity index (χ3v) is 3.20. The first kappa shape index (κ1) is 8.33. The van der Waals surface area contributed by atoms with E-state index in [9.17, 15) is 4.79 Å². The van der Waals surface area contributed by atoms with Crippen LogP contribution in [0, 0.1) is 17.2 Å². The van der Waals surface area contributed by atoms with Crippen molar-refractivity contribution in [2.75, 3.05) is 5.75 Å². The lowest BCUT2D eigenvalue weighted by Gasteiger charge is -2.17. The lowest BCUT2D eigenvalue weighted by Crippen LogP contribution is -2.20. The van der Waals surface area contributed by atoms with Crippen LogP contribution in [0.2, 0.25) is 0 Å². The molecular weight excluding hydrogens is 182 g/mol. The van der Waals surface area contributed by atoms with Gasteiger partial charge in [-0.2, -0.15) is 5.26 Å². The number of thioether (sulfide) groups is 1. The molecule has 3 heteroatoms. The Morgan fingerprint density at radius 1 is 1.46 bits per heavy atom. The fourth-order valence-corrected chi connectivity index (χ4v) is 2.40. The van der Waals surface area contributed by atoms with Crippen molar-refractivity contribution < 1.29 is 4.79 Å². The van der Waals surface area contributed by atoms with Gasteiger partial charge in [-0.1, -0.05) is 18.2 Å². The van der Waals surface area contributed by atoms with Crippen molar-refractivity contribution in [3.8, 4) is 6.07 Å². The van der Waals surface area contributed by atoms with Crippen molar-refractivity contribution >= 4 is 17.5 Å². The Kier molecular flexibility index (Phi) is 2.07. The predicted octanol–water partition coefficient (Wildman–Crippen LogP) is 2.11. The van der Waals surface area contributed by atoms with Gasteiger partial charge in [-0.3, -0.25) is 4.79 Å². The molecule has 0 N–H and O–H groups in total. The van der Waals surface area contributed by atoms with Crippen molar-refractivity contribution in [3.05, 3.63) is 29.8 Å². The van der Waals surface area contributed by atoms with Crippen molar-refractivity contribution in [2.45, 2.75) is 4.90 Å². The number of benzene rings is 1. The SMILES string of the molecule is N#CC1CSc2ccccc2C1=O. The van der Waals surface area contributed by atoms with Gasteiger partial charge in [-0.25, -0.2) is 0 Å². The number of hydrogen-bond donors (Lipinski definition) is 0. The molecule has 2 nitrogen and oxygen atoms in total. The van der Waals surface area contributed by atoms with Gasteiger partial charge in [0.05, 0.1) is 6.07 Å². The van der Waals surface area contributed by atoms with E-state index in [1.807, 2.05) is 24.3 Å². The van der Waals surface area contributed by atoms with Crippen LogP contribution in [0.3, 0.4) is 0 Å². The molecule has 1 aliphatic heterocycles. The number of carbonyl (C=O) groups is 1. The Bertz CT molecular complexity index is 394. The van der Waals surface area contributed by atoms with Gasteiger partial charge >= 0.3 is 0 Å². The third kappa shape index (κ3) is 1.34. The molecule has 13 heavy (non-hydrogen) atoms. The molecule has 1 unspecified atom stereocenters. The van der Waals surface area contributed by atoms with E-state index in [-0.39, 0.29) is 5.78 Å². The summed E-state index contributed by atoms with van der Waals surface area (Å²) in [5.74, 6) is 0.101. The summed E-state index contributed by atoms with van der Waals surface area (Å²) in [6.45, 7) is 0. The number of nitrogens with zero attached hydrogens (tertiary/aromatic N) is 1. The predicted molar refractivity (Wildman–Crippen MR) is 50.6 cm³/mol. The van der Waals surface area contributed by atoms with Crippen LogP contribution >= 0.6 is 11.8 Å². The summed E-state index contributed by atoms with van der Waals surface area (Å²) in [6.07, 6.45) is 0. The van der Waals surface area contributed by atoms with E-state index >= 15 is 0 Å². The van der Waals surface area contributed by atoms with E-state index in [4.69, 9.17) is 5.26 Å². The fraction of sp³-hybridized carbons (Fsp3) is 0.200. The summed E-state index contributed by atoms with van der Waals surface area (Å²) < 4.78 is 0.